The van der Waals surface area contributed by atoms with Crippen LogP contribution in [-0.4, -0.2) is 17.7 Å². The van der Waals surface area contributed by atoms with Crippen molar-refractivity contribution in [2.75, 3.05) is 16.4 Å². The van der Waals surface area contributed by atoms with Crippen molar-refractivity contribution in [3.63, 3.8) is 0 Å². The van der Waals surface area contributed by atoms with Crippen molar-refractivity contribution in [3.05, 3.63) is 53.1 Å². The Morgan fingerprint density at radius 2 is 2.13 bits per heavy atom. The first-order chi connectivity index (χ1) is 11.1. The number of carbonyl (C=O) groups is 2. The number of anilines is 2. The minimum Gasteiger partial charge on any atom is -0.334 e. The van der Waals surface area contributed by atoms with Gasteiger partial charge in [-0.15, -0.1) is 11.8 Å². The highest BCUT2D eigenvalue weighted by molar-refractivity contribution is 8.00. The molecule has 0 saturated carbocycles. The summed E-state index contributed by atoms with van der Waals surface area (Å²) < 4.78 is 0. The molecule has 0 saturated heterocycles. The van der Waals surface area contributed by atoms with E-state index in [9.17, 15) is 9.59 Å². The Hall–Kier alpha value is -2.18. The van der Waals surface area contributed by atoms with E-state index in [1.165, 1.54) is 11.8 Å². The van der Waals surface area contributed by atoms with Crippen LogP contribution in [0.3, 0.4) is 0 Å². The van der Waals surface area contributed by atoms with E-state index in [0.717, 1.165) is 16.1 Å². The van der Waals surface area contributed by atoms with Gasteiger partial charge in [0.2, 0.25) is 5.91 Å². The molecule has 0 aliphatic carbocycles. The number of urea groups is 1. The number of carbonyl (C=O) groups excluding carboxylic acids is 2. The maximum Gasteiger partial charge on any atom is 0.319 e. The van der Waals surface area contributed by atoms with Gasteiger partial charge in [-0.1, -0.05) is 23.7 Å². The van der Waals surface area contributed by atoms with Gasteiger partial charge in [0.15, 0.2) is 0 Å². The smallest absolute Gasteiger partial charge is 0.319 e. The van der Waals surface area contributed by atoms with Gasteiger partial charge in [-0.3, -0.25) is 4.79 Å². The number of halogens is 1. The fourth-order valence-electron chi connectivity index (χ4n) is 2.16. The molecular weight excluding hydrogens is 334 g/mol. The quantitative estimate of drug-likeness (QED) is 0.792. The predicted molar refractivity (Wildman–Crippen MR) is 93.1 cm³/mol. The van der Waals surface area contributed by atoms with Crippen molar-refractivity contribution >= 4 is 46.7 Å². The van der Waals surface area contributed by atoms with Gasteiger partial charge in [0, 0.05) is 22.2 Å². The van der Waals surface area contributed by atoms with Gasteiger partial charge in [0.05, 0.1) is 11.4 Å². The third-order valence-electron chi connectivity index (χ3n) is 3.21. The minimum atomic E-state index is -0.316. The zero-order chi connectivity index (χ0) is 16.2. The standard InChI is InChI=1S/C16H14ClN3O2S/c17-11-2-1-3-12(7-11)19-16(22)18-8-10-4-5-14-13(6-10)20-15(21)9-23-14/h1-7H,8-9H2,(H,20,21)(H2,18,19,22). The molecule has 23 heavy (non-hydrogen) atoms. The first-order valence-electron chi connectivity index (χ1n) is 6.96. The van der Waals surface area contributed by atoms with Crippen LogP contribution >= 0.6 is 23.4 Å². The first kappa shape index (κ1) is 15.7. The molecule has 1 aliphatic rings. The summed E-state index contributed by atoms with van der Waals surface area (Å²) in [4.78, 5) is 24.3. The third kappa shape index (κ3) is 4.18. The molecule has 3 N–H and O–H groups in total. The van der Waals surface area contributed by atoms with Crippen LogP contribution in [0.15, 0.2) is 47.4 Å². The molecule has 0 bridgehead atoms. The molecule has 2 aromatic rings. The number of benzene rings is 2. The molecule has 0 unspecified atom stereocenters. The van der Waals surface area contributed by atoms with E-state index in [4.69, 9.17) is 11.6 Å². The van der Waals surface area contributed by atoms with Gasteiger partial charge < -0.3 is 16.0 Å². The topological polar surface area (TPSA) is 70.2 Å². The fraction of sp³-hybridized carbons (Fsp3) is 0.125. The monoisotopic (exact) mass is 347 g/mol. The highest BCUT2D eigenvalue weighted by atomic mass is 35.5. The summed E-state index contributed by atoms with van der Waals surface area (Å²) in [6.07, 6.45) is 0. The molecule has 0 radical (unpaired) electrons. The van der Waals surface area contributed by atoms with E-state index >= 15 is 0 Å². The zero-order valence-electron chi connectivity index (χ0n) is 12.1. The Morgan fingerprint density at radius 1 is 1.26 bits per heavy atom. The van der Waals surface area contributed by atoms with Crippen LogP contribution < -0.4 is 16.0 Å². The summed E-state index contributed by atoms with van der Waals surface area (Å²) in [5, 5.41) is 8.88. The van der Waals surface area contributed by atoms with Crippen LogP contribution in [0.4, 0.5) is 16.2 Å². The van der Waals surface area contributed by atoms with E-state index in [1.54, 1.807) is 24.3 Å². The maximum atomic E-state index is 11.9. The summed E-state index contributed by atoms with van der Waals surface area (Å²) in [5.74, 6) is 0.429. The van der Waals surface area contributed by atoms with Crippen molar-refractivity contribution in [1.82, 2.24) is 5.32 Å². The second kappa shape index (κ2) is 6.93. The van der Waals surface area contributed by atoms with Crippen molar-refractivity contribution < 1.29 is 9.59 Å². The van der Waals surface area contributed by atoms with Gasteiger partial charge >= 0.3 is 6.03 Å². The number of fused-ring (bicyclic) bond motifs is 1. The van der Waals surface area contributed by atoms with E-state index in [1.807, 2.05) is 18.2 Å². The van der Waals surface area contributed by atoms with E-state index in [-0.39, 0.29) is 11.9 Å². The molecule has 1 aliphatic heterocycles. The average molecular weight is 348 g/mol. The molecule has 2 aromatic carbocycles. The van der Waals surface area contributed by atoms with E-state index in [0.29, 0.717) is 23.0 Å². The number of thioether (sulfide) groups is 1. The molecule has 1 heterocycles. The van der Waals surface area contributed by atoms with Gasteiger partial charge in [-0.2, -0.15) is 0 Å². The maximum absolute atomic E-state index is 11.9. The fourth-order valence-corrected chi connectivity index (χ4v) is 3.14. The summed E-state index contributed by atoms with van der Waals surface area (Å²) in [7, 11) is 0. The van der Waals surface area contributed by atoms with Crippen LogP contribution in [-0.2, 0) is 11.3 Å². The van der Waals surface area contributed by atoms with Gasteiger partial charge in [0.25, 0.3) is 0 Å². The Morgan fingerprint density at radius 3 is 2.96 bits per heavy atom. The molecular formula is C16H14ClN3O2S. The molecule has 0 aromatic heterocycles. The van der Waals surface area contributed by atoms with E-state index < -0.39 is 0 Å². The number of amides is 3. The molecule has 3 rings (SSSR count). The lowest BCUT2D eigenvalue weighted by Crippen LogP contribution is -2.28. The van der Waals surface area contributed by atoms with Crippen LogP contribution in [0.5, 0.6) is 0 Å². The van der Waals surface area contributed by atoms with Crippen molar-refractivity contribution in [2.45, 2.75) is 11.4 Å². The van der Waals surface area contributed by atoms with Crippen molar-refractivity contribution in [2.24, 2.45) is 0 Å². The predicted octanol–water partition coefficient (Wildman–Crippen LogP) is 3.71. The largest absolute Gasteiger partial charge is 0.334 e. The van der Waals surface area contributed by atoms with Gasteiger partial charge in [-0.05, 0) is 35.9 Å². The molecule has 3 amide bonds. The summed E-state index contributed by atoms with van der Waals surface area (Å²) in [6, 6.07) is 12.4. The summed E-state index contributed by atoms with van der Waals surface area (Å²) in [5.41, 5.74) is 2.33. The lowest BCUT2D eigenvalue weighted by atomic mass is 10.2. The van der Waals surface area contributed by atoms with Crippen LogP contribution in [0.2, 0.25) is 5.02 Å². The van der Waals surface area contributed by atoms with Crippen LogP contribution in [0, 0.1) is 0 Å². The molecule has 0 spiro atoms. The Kier molecular flexibility index (Phi) is 4.73. The summed E-state index contributed by atoms with van der Waals surface area (Å²) in [6.45, 7) is 0.361. The lowest BCUT2D eigenvalue weighted by molar-refractivity contribution is -0.113. The molecule has 0 atom stereocenters. The number of hydrogen-bond donors (Lipinski definition) is 3. The third-order valence-corrected chi connectivity index (χ3v) is 4.52. The lowest BCUT2D eigenvalue weighted by Gasteiger charge is -2.17. The number of nitrogens with one attached hydrogen (secondary N) is 3. The van der Waals surface area contributed by atoms with Crippen molar-refractivity contribution in [1.29, 1.82) is 0 Å². The Bertz CT molecular complexity index is 767. The minimum absolute atomic E-state index is 0.00805. The molecule has 118 valence electrons. The highest BCUT2D eigenvalue weighted by Crippen LogP contribution is 2.31. The van der Waals surface area contributed by atoms with Crippen LogP contribution in [0.25, 0.3) is 0 Å². The Labute approximate surface area is 142 Å². The molecule has 5 nitrogen and oxygen atoms in total. The first-order valence-corrected chi connectivity index (χ1v) is 8.32. The van der Waals surface area contributed by atoms with Crippen LogP contribution in [0.1, 0.15) is 5.56 Å². The van der Waals surface area contributed by atoms with Gasteiger partial charge in [-0.25, -0.2) is 4.79 Å². The summed E-state index contributed by atoms with van der Waals surface area (Å²) >= 11 is 7.38. The Balaban J connectivity index is 1.59. The number of hydrogen-bond acceptors (Lipinski definition) is 3. The second-order valence-corrected chi connectivity index (χ2v) is 6.44. The number of rotatable bonds is 3. The SMILES string of the molecule is O=C1CSc2ccc(CNC(=O)Nc3cccc(Cl)c3)cc2N1. The molecule has 0 fully saturated rings. The highest BCUT2D eigenvalue weighted by Gasteiger charge is 2.15. The second-order valence-electron chi connectivity index (χ2n) is 4.99. The van der Waals surface area contributed by atoms with E-state index in [2.05, 4.69) is 16.0 Å². The van der Waals surface area contributed by atoms with Crippen molar-refractivity contribution in [3.8, 4) is 0 Å². The normalized spacial score (nSPS) is 13.0. The molecule has 7 heteroatoms. The van der Waals surface area contributed by atoms with Gasteiger partial charge in [0.1, 0.15) is 0 Å². The average Bonchev–Trinajstić information content (AvgIpc) is 2.52. The zero-order valence-corrected chi connectivity index (χ0v) is 13.6.